The summed E-state index contributed by atoms with van der Waals surface area (Å²) in [6.07, 6.45) is 1.75. The summed E-state index contributed by atoms with van der Waals surface area (Å²) in [5.74, 6) is 0.271. The summed E-state index contributed by atoms with van der Waals surface area (Å²) in [7, 11) is 0. The van der Waals surface area contributed by atoms with E-state index in [0.717, 1.165) is 5.56 Å². The molecule has 26 heavy (non-hydrogen) atoms. The molecule has 2 aromatic rings. The second kappa shape index (κ2) is 7.67. The number of phenolic OH excluding ortho intramolecular Hbond substituents is 1. The number of hydrazone groups is 1. The summed E-state index contributed by atoms with van der Waals surface area (Å²) in [4.78, 5) is 12.8. The first-order valence-corrected chi connectivity index (χ1v) is 9.39. The van der Waals surface area contributed by atoms with E-state index in [0.29, 0.717) is 37.9 Å². The first-order valence-electron chi connectivity index (χ1n) is 7.93. The highest BCUT2D eigenvalue weighted by Crippen LogP contribution is 2.34. The summed E-state index contributed by atoms with van der Waals surface area (Å²) < 4.78 is 6.10. The van der Waals surface area contributed by atoms with E-state index in [-0.39, 0.29) is 11.7 Å². The van der Waals surface area contributed by atoms with E-state index in [2.05, 4.69) is 5.10 Å². The second-order valence-electron chi connectivity index (χ2n) is 5.62. The lowest BCUT2D eigenvalue weighted by molar-refractivity contribution is -0.114. The van der Waals surface area contributed by atoms with Gasteiger partial charge in [-0.05, 0) is 84.5 Å². The van der Waals surface area contributed by atoms with E-state index >= 15 is 0 Å². The summed E-state index contributed by atoms with van der Waals surface area (Å²) in [5, 5.41) is 16.4. The molecule has 1 aliphatic rings. The van der Waals surface area contributed by atoms with Gasteiger partial charge in [0, 0.05) is 5.02 Å². The van der Waals surface area contributed by atoms with Gasteiger partial charge in [0.1, 0.15) is 0 Å². The average Bonchev–Trinajstić information content (AvgIpc) is 2.88. The van der Waals surface area contributed by atoms with Crippen molar-refractivity contribution in [3.63, 3.8) is 0 Å². The third-order valence-corrected chi connectivity index (χ3v) is 4.87. The van der Waals surface area contributed by atoms with Crippen molar-refractivity contribution in [3.05, 3.63) is 56.1 Å². The lowest BCUT2D eigenvalue weighted by Crippen LogP contribution is -2.21. The van der Waals surface area contributed by atoms with Crippen LogP contribution < -0.4 is 9.75 Å². The van der Waals surface area contributed by atoms with Crippen LogP contribution in [0.2, 0.25) is 5.02 Å². The van der Waals surface area contributed by atoms with Crippen LogP contribution in [-0.2, 0) is 4.79 Å². The van der Waals surface area contributed by atoms with Gasteiger partial charge in [0.05, 0.1) is 27.1 Å². The number of aromatic hydroxyl groups is 1. The number of carbonyl (C=O) groups excluding carboxylic acids is 1. The number of hydrogen-bond acceptors (Lipinski definition) is 4. The van der Waals surface area contributed by atoms with Gasteiger partial charge in [-0.1, -0.05) is 11.6 Å². The molecule has 2 aromatic carbocycles. The highest BCUT2D eigenvalue weighted by molar-refractivity contribution is 14.1. The van der Waals surface area contributed by atoms with Gasteiger partial charge in [0.15, 0.2) is 11.5 Å². The molecule has 0 fully saturated rings. The van der Waals surface area contributed by atoms with Crippen LogP contribution in [0.25, 0.3) is 6.08 Å². The van der Waals surface area contributed by atoms with E-state index in [9.17, 15) is 9.90 Å². The van der Waals surface area contributed by atoms with Gasteiger partial charge in [0.2, 0.25) is 0 Å². The number of anilines is 1. The van der Waals surface area contributed by atoms with Crippen LogP contribution in [0, 0.1) is 3.57 Å². The number of amides is 1. The van der Waals surface area contributed by atoms with Crippen LogP contribution in [0.4, 0.5) is 5.69 Å². The molecule has 5 nitrogen and oxygen atoms in total. The molecule has 1 heterocycles. The molecule has 134 valence electrons. The number of phenols is 1. The Morgan fingerprint density at radius 3 is 2.65 bits per heavy atom. The molecule has 0 unspecified atom stereocenters. The number of benzene rings is 2. The number of ether oxygens (including phenoxy) is 1. The molecule has 1 N–H and O–H groups in total. The van der Waals surface area contributed by atoms with Crippen LogP contribution in [0.5, 0.6) is 11.5 Å². The van der Waals surface area contributed by atoms with Crippen molar-refractivity contribution in [1.82, 2.24) is 0 Å². The molecule has 0 bridgehead atoms. The third-order valence-electron chi connectivity index (χ3n) is 3.80. The summed E-state index contributed by atoms with van der Waals surface area (Å²) >= 11 is 7.94. The van der Waals surface area contributed by atoms with Crippen LogP contribution in [0.15, 0.2) is 47.1 Å². The Bertz CT molecular complexity index is 923. The summed E-state index contributed by atoms with van der Waals surface area (Å²) in [5.41, 5.74) is 2.51. The molecule has 7 heteroatoms. The molecule has 0 radical (unpaired) electrons. The van der Waals surface area contributed by atoms with Crippen molar-refractivity contribution < 1.29 is 14.6 Å². The fourth-order valence-corrected chi connectivity index (χ4v) is 3.30. The smallest absolute Gasteiger partial charge is 0.280 e. The highest BCUT2D eigenvalue weighted by atomic mass is 127. The molecule has 0 aromatic heterocycles. The van der Waals surface area contributed by atoms with Gasteiger partial charge in [-0.25, -0.2) is 0 Å². The zero-order valence-electron chi connectivity index (χ0n) is 14.2. The van der Waals surface area contributed by atoms with Crippen molar-refractivity contribution in [2.75, 3.05) is 11.6 Å². The Morgan fingerprint density at radius 2 is 2.00 bits per heavy atom. The zero-order valence-corrected chi connectivity index (χ0v) is 17.1. The summed E-state index contributed by atoms with van der Waals surface area (Å²) in [6.45, 7) is 4.07. The molecule has 0 atom stereocenters. The van der Waals surface area contributed by atoms with Gasteiger partial charge in [-0.3, -0.25) is 4.79 Å². The fraction of sp³-hybridized carbons (Fsp3) is 0.158. The van der Waals surface area contributed by atoms with E-state index in [1.165, 1.54) is 5.01 Å². The minimum Gasteiger partial charge on any atom is -0.504 e. The third kappa shape index (κ3) is 3.71. The highest BCUT2D eigenvalue weighted by Gasteiger charge is 2.28. The van der Waals surface area contributed by atoms with E-state index in [1.807, 2.05) is 29.5 Å². The largest absolute Gasteiger partial charge is 0.504 e. The Hall–Kier alpha value is -2.06. The molecule has 1 amide bonds. The summed E-state index contributed by atoms with van der Waals surface area (Å²) in [6, 6.07) is 10.4. The van der Waals surface area contributed by atoms with Gasteiger partial charge in [0.25, 0.3) is 5.91 Å². The van der Waals surface area contributed by atoms with Crippen molar-refractivity contribution in [2.24, 2.45) is 5.10 Å². The topological polar surface area (TPSA) is 62.1 Å². The van der Waals surface area contributed by atoms with Gasteiger partial charge >= 0.3 is 0 Å². The lowest BCUT2D eigenvalue weighted by atomic mass is 10.1. The molecular weight excluding hydrogens is 467 g/mol. The minimum absolute atomic E-state index is 0.0977. The molecule has 3 rings (SSSR count). The van der Waals surface area contributed by atoms with E-state index in [1.54, 1.807) is 49.4 Å². The number of halogens is 2. The zero-order chi connectivity index (χ0) is 18.8. The minimum atomic E-state index is -0.217. The van der Waals surface area contributed by atoms with Crippen molar-refractivity contribution in [1.29, 1.82) is 0 Å². The predicted molar refractivity (Wildman–Crippen MR) is 112 cm³/mol. The lowest BCUT2D eigenvalue weighted by Gasteiger charge is -2.12. The maximum absolute atomic E-state index is 12.8. The van der Waals surface area contributed by atoms with Crippen LogP contribution >= 0.6 is 34.2 Å². The Labute approximate surface area is 170 Å². The maximum Gasteiger partial charge on any atom is 0.280 e. The maximum atomic E-state index is 12.8. The first-order chi connectivity index (χ1) is 12.4. The molecular formula is C19H16ClIN2O3. The van der Waals surface area contributed by atoms with E-state index in [4.69, 9.17) is 16.3 Å². The molecule has 0 saturated heterocycles. The predicted octanol–water partition coefficient (Wildman–Crippen LogP) is 4.86. The van der Waals surface area contributed by atoms with Gasteiger partial charge < -0.3 is 9.84 Å². The van der Waals surface area contributed by atoms with Crippen LogP contribution in [0.3, 0.4) is 0 Å². The number of hydrogen-bond donors (Lipinski definition) is 1. The number of nitrogens with zero attached hydrogens (tertiary/aromatic N) is 2. The fourth-order valence-electron chi connectivity index (χ4n) is 2.55. The van der Waals surface area contributed by atoms with Crippen molar-refractivity contribution in [2.45, 2.75) is 13.8 Å². The standard InChI is InChI=1S/C19H16ClIN2O3/c1-3-26-17-10-12(9-16(21)18(17)24)8-15-11(2)22-23(19(15)25)14-6-4-13(20)5-7-14/h4-10,24H,3H2,1-2H3. The average molecular weight is 483 g/mol. The molecule has 0 aliphatic carbocycles. The first kappa shape index (κ1) is 18.7. The van der Waals surface area contributed by atoms with Crippen molar-refractivity contribution in [3.8, 4) is 11.5 Å². The molecule has 0 saturated carbocycles. The molecule has 1 aliphatic heterocycles. The van der Waals surface area contributed by atoms with Gasteiger partial charge in [-0.15, -0.1) is 0 Å². The van der Waals surface area contributed by atoms with Crippen molar-refractivity contribution >= 4 is 57.6 Å². The van der Waals surface area contributed by atoms with E-state index < -0.39 is 0 Å². The monoisotopic (exact) mass is 482 g/mol. The molecule has 0 spiro atoms. The quantitative estimate of drug-likeness (QED) is 0.500. The normalized spacial score (nSPS) is 15.5. The van der Waals surface area contributed by atoms with Crippen LogP contribution in [0.1, 0.15) is 19.4 Å². The second-order valence-corrected chi connectivity index (χ2v) is 7.22. The Balaban J connectivity index is 1.96. The van der Waals surface area contributed by atoms with Crippen LogP contribution in [-0.4, -0.2) is 23.3 Å². The Kier molecular flexibility index (Phi) is 5.52. The van der Waals surface area contributed by atoms with Gasteiger partial charge in [-0.2, -0.15) is 10.1 Å². The Morgan fingerprint density at radius 1 is 1.31 bits per heavy atom. The number of carbonyl (C=O) groups is 1. The number of rotatable bonds is 4. The SMILES string of the molecule is CCOc1cc(C=C2C(=O)N(c3ccc(Cl)cc3)N=C2C)cc(I)c1O.